The monoisotopic (exact) mass is 456 g/mol. The largest absolute Gasteiger partial charge is 0.346 e. The average molecular weight is 457 g/mol. The Bertz CT molecular complexity index is 1150. The van der Waals surface area contributed by atoms with Crippen LogP contribution in [-0.4, -0.2) is 52.5 Å². The number of hydrogen-bond acceptors (Lipinski definition) is 5. The number of urea groups is 1. The minimum Gasteiger partial charge on any atom is -0.346 e. The molecule has 1 saturated heterocycles. The van der Waals surface area contributed by atoms with Gasteiger partial charge in [-0.3, -0.25) is 4.79 Å². The number of fused-ring (bicyclic) bond motifs is 2. The van der Waals surface area contributed by atoms with Crippen molar-refractivity contribution in [1.29, 1.82) is 0 Å². The zero-order valence-corrected chi connectivity index (χ0v) is 18.9. The first-order valence-corrected chi connectivity index (χ1v) is 11.6. The molecular formula is C26H28N6O2. The average Bonchev–Trinajstić information content (AvgIpc) is 2.86. The van der Waals surface area contributed by atoms with Crippen molar-refractivity contribution >= 4 is 17.6 Å². The van der Waals surface area contributed by atoms with Gasteiger partial charge in [0.25, 0.3) is 5.91 Å². The van der Waals surface area contributed by atoms with Gasteiger partial charge in [-0.05, 0) is 37.0 Å². The van der Waals surface area contributed by atoms with Crippen molar-refractivity contribution in [2.24, 2.45) is 0 Å². The molecule has 5 rings (SSSR count). The number of amides is 3. The summed E-state index contributed by atoms with van der Waals surface area (Å²) in [6, 6.07) is 19.6. The van der Waals surface area contributed by atoms with Crippen molar-refractivity contribution in [2.45, 2.75) is 30.8 Å². The first kappa shape index (κ1) is 22.0. The van der Waals surface area contributed by atoms with Gasteiger partial charge in [0.2, 0.25) is 0 Å². The van der Waals surface area contributed by atoms with Crippen molar-refractivity contribution in [3.05, 3.63) is 90.0 Å². The highest BCUT2D eigenvalue weighted by Gasteiger charge is 2.42. The molecule has 1 aromatic heterocycles. The third-order valence-corrected chi connectivity index (χ3v) is 6.71. The Hall–Kier alpha value is -3.78. The van der Waals surface area contributed by atoms with Crippen LogP contribution in [0.15, 0.2) is 73.2 Å². The molecule has 8 nitrogen and oxygen atoms in total. The highest BCUT2D eigenvalue weighted by molar-refractivity contribution is 5.94. The molecule has 0 aliphatic carbocycles. The third kappa shape index (κ3) is 4.77. The number of carbonyl (C=O) groups is 2. The van der Waals surface area contributed by atoms with E-state index in [1.807, 2.05) is 36.4 Å². The lowest BCUT2D eigenvalue weighted by Gasteiger charge is -2.46. The summed E-state index contributed by atoms with van der Waals surface area (Å²) < 4.78 is 0. The van der Waals surface area contributed by atoms with Crippen molar-refractivity contribution in [1.82, 2.24) is 25.5 Å². The molecule has 0 unspecified atom stereocenters. The van der Waals surface area contributed by atoms with E-state index in [0.717, 1.165) is 50.1 Å². The number of carbonyl (C=O) groups excluding carboxylic acids is 2. The van der Waals surface area contributed by atoms with Gasteiger partial charge in [0.1, 0.15) is 12.0 Å². The number of anilines is 1. The smallest absolute Gasteiger partial charge is 0.319 e. The molecule has 3 N–H and O–H groups in total. The molecule has 174 valence electrons. The predicted octanol–water partition coefficient (Wildman–Crippen LogP) is 2.94. The van der Waals surface area contributed by atoms with Gasteiger partial charge >= 0.3 is 6.03 Å². The molecule has 0 radical (unpaired) electrons. The van der Waals surface area contributed by atoms with Crippen LogP contribution in [0.1, 0.15) is 34.5 Å². The molecule has 3 aromatic rings. The number of nitrogens with one attached hydrogen (secondary N) is 3. The van der Waals surface area contributed by atoms with Gasteiger partial charge in [-0.15, -0.1) is 0 Å². The van der Waals surface area contributed by atoms with E-state index in [0.29, 0.717) is 5.69 Å². The Labute approximate surface area is 198 Å². The highest BCUT2D eigenvalue weighted by Crippen LogP contribution is 2.39. The van der Waals surface area contributed by atoms with E-state index >= 15 is 0 Å². The number of likely N-dealkylation sites (tertiary alicyclic amines) is 1. The zero-order chi connectivity index (χ0) is 23.4. The molecule has 0 saturated carbocycles. The van der Waals surface area contributed by atoms with Gasteiger partial charge in [0, 0.05) is 43.1 Å². The summed E-state index contributed by atoms with van der Waals surface area (Å²) in [4.78, 5) is 35.5. The van der Waals surface area contributed by atoms with E-state index < -0.39 is 0 Å². The second-order valence-corrected chi connectivity index (χ2v) is 8.96. The Morgan fingerprint density at radius 2 is 1.82 bits per heavy atom. The molecule has 3 heterocycles. The number of nitrogens with zero attached hydrogens (tertiary/aromatic N) is 3. The van der Waals surface area contributed by atoms with Gasteiger partial charge in [-0.2, -0.15) is 0 Å². The van der Waals surface area contributed by atoms with E-state index in [4.69, 9.17) is 0 Å². The molecule has 3 amide bonds. The number of piperidine rings is 1. The lowest BCUT2D eigenvalue weighted by atomic mass is 9.79. The summed E-state index contributed by atoms with van der Waals surface area (Å²) in [5.74, 6) is -0.198. The molecular weight excluding hydrogens is 428 g/mol. The number of para-hydroxylation sites is 1. The standard InChI is InChI=1S/C26H28N6O2/c33-24(23-10-13-27-18-28-23)29-20(16-19-6-2-1-3-7-19)17-32-14-11-26(12-15-32)21-8-4-5-9-22(21)30-25(34)31-26/h1-10,13,18,20H,11-12,14-17H2,(H,29,33)(H2,30,31,34)/t20-/m0/s1. The minimum atomic E-state index is -0.353. The van der Waals surface area contributed by atoms with E-state index in [-0.39, 0.29) is 23.5 Å². The molecule has 1 atom stereocenters. The van der Waals surface area contributed by atoms with E-state index in [1.54, 1.807) is 12.3 Å². The van der Waals surface area contributed by atoms with Crippen LogP contribution in [0.5, 0.6) is 0 Å². The van der Waals surface area contributed by atoms with Crippen LogP contribution >= 0.6 is 0 Å². The van der Waals surface area contributed by atoms with Gasteiger partial charge in [-0.1, -0.05) is 48.5 Å². The van der Waals surface area contributed by atoms with Crippen molar-refractivity contribution in [3.8, 4) is 0 Å². The second-order valence-electron chi connectivity index (χ2n) is 8.96. The quantitative estimate of drug-likeness (QED) is 0.530. The Morgan fingerprint density at radius 1 is 1.06 bits per heavy atom. The van der Waals surface area contributed by atoms with Crippen molar-refractivity contribution in [3.63, 3.8) is 0 Å². The second kappa shape index (κ2) is 9.61. The molecule has 0 bridgehead atoms. The maximum atomic E-state index is 12.8. The van der Waals surface area contributed by atoms with Crippen LogP contribution in [0.3, 0.4) is 0 Å². The Balaban J connectivity index is 1.29. The van der Waals surface area contributed by atoms with Gasteiger partial charge in [0.15, 0.2) is 0 Å². The summed E-state index contributed by atoms with van der Waals surface area (Å²) in [6.45, 7) is 2.36. The van der Waals surface area contributed by atoms with Crippen molar-refractivity contribution in [2.75, 3.05) is 25.0 Å². The molecule has 2 aliphatic heterocycles. The highest BCUT2D eigenvalue weighted by atomic mass is 16.2. The third-order valence-electron chi connectivity index (χ3n) is 6.71. The maximum absolute atomic E-state index is 12.8. The summed E-state index contributed by atoms with van der Waals surface area (Å²) in [6.07, 6.45) is 5.31. The molecule has 1 spiro atoms. The van der Waals surface area contributed by atoms with Gasteiger partial charge in [0.05, 0.1) is 5.54 Å². The van der Waals surface area contributed by atoms with Crippen LogP contribution in [0.2, 0.25) is 0 Å². The zero-order valence-electron chi connectivity index (χ0n) is 18.9. The number of rotatable bonds is 6. The fourth-order valence-corrected chi connectivity index (χ4v) is 5.02. The number of benzene rings is 2. The van der Waals surface area contributed by atoms with Gasteiger partial charge in [-0.25, -0.2) is 14.8 Å². The predicted molar refractivity (Wildman–Crippen MR) is 129 cm³/mol. The SMILES string of the molecule is O=C1Nc2ccccc2C2(CCN(C[C@H](Cc3ccccc3)NC(=O)c3ccncn3)CC2)N1. The first-order chi connectivity index (χ1) is 16.6. The fourth-order valence-electron chi connectivity index (χ4n) is 5.02. The normalized spacial score (nSPS) is 17.8. The van der Waals surface area contributed by atoms with Crippen LogP contribution in [0, 0.1) is 0 Å². The minimum absolute atomic E-state index is 0.0752. The van der Waals surface area contributed by atoms with Crippen LogP contribution in [0.4, 0.5) is 10.5 Å². The summed E-state index contributed by atoms with van der Waals surface area (Å²) in [5.41, 5.74) is 3.21. The fraction of sp³-hybridized carbons (Fsp3) is 0.308. The summed E-state index contributed by atoms with van der Waals surface area (Å²) in [5, 5.41) is 9.28. The van der Waals surface area contributed by atoms with E-state index in [9.17, 15) is 9.59 Å². The lowest BCUT2D eigenvalue weighted by Crippen LogP contribution is -2.58. The summed E-state index contributed by atoms with van der Waals surface area (Å²) >= 11 is 0. The first-order valence-electron chi connectivity index (χ1n) is 11.6. The van der Waals surface area contributed by atoms with Crippen LogP contribution in [0.25, 0.3) is 0 Å². The molecule has 1 fully saturated rings. The van der Waals surface area contributed by atoms with Crippen LogP contribution < -0.4 is 16.0 Å². The summed E-state index contributed by atoms with van der Waals surface area (Å²) in [7, 11) is 0. The molecule has 2 aliphatic rings. The van der Waals surface area contributed by atoms with Crippen LogP contribution in [-0.2, 0) is 12.0 Å². The Kier molecular flexibility index (Phi) is 6.22. The maximum Gasteiger partial charge on any atom is 0.319 e. The van der Waals surface area contributed by atoms with E-state index in [1.165, 1.54) is 11.9 Å². The van der Waals surface area contributed by atoms with E-state index in [2.05, 4.69) is 49.0 Å². The Morgan fingerprint density at radius 3 is 2.59 bits per heavy atom. The number of aromatic nitrogens is 2. The van der Waals surface area contributed by atoms with Crippen molar-refractivity contribution < 1.29 is 9.59 Å². The lowest BCUT2D eigenvalue weighted by molar-refractivity contribution is 0.0894. The molecule has 34 heavy (non-hydrogen) atoms. The van der Waals surface area contributed by atoms with Gasteiger partial charge < -0.3 is 20.9 Å². The topological polar surface area (TPSA) is 99.3 Å². The molecule has 8 heteroatoms. The number of hydrogen-bond donors (Lipinski definition) is 3. The molecule has 2 aromatic carbocycles.